The Bertz CT molecular complexity index is 547. The van der Waals surface area contributed by atoms with Crippen molar-refractivity contribution in [1.82, 2.24) is 9.78 Å². The molecule has 0 radical (unpaired) electrons. The van der Waals surface area contributed by atoms with Crippen LogP contribution in [0.2, 0.25) is 0 Å². The second-order valence-electron chi connectivity index (χ2n) is 4.01. The van der Waals surface area contributed by atoms with Crippen LogP contribution in [0, 0.1) is 0 Å². The first-order valence-corrected chi connectivity index (χ1v) is 5.84. The molecule has 0 saturated heterocycles. The Balaban J connectivity index is 1.99. The Kier molecular flexibility index (Phi) is 3.62. The first-order valence-electron chi connectivity index (χ1n) is 5.84. The fourth-order valence-corrected chi connectivity index (χ4v) is 1.67. The van der Waals surface area contributed by atoms with Crippen LogP contribution in [0.3, 0.4) is 0 Å². The first kappa shape index (κ1) is 12.2. The van der Waals surface area contributed by atoms with Crippen molar-refractivity contribution in [3.8, 4) is 0 Å². The second kappa shape index (κ2) is 5.35. The highest BCUT2D eigenvalue weighted by Gasteiger charge is 2.07. The van der Waals surface area contributed by atoms with Gasteiger partial charge in [0.2, 0.25) is 5.91 Å². The number of carbonyl (C=O) groups is 1. The summed E-state index contributed by atoms with van der Waals surface area (Å²) in [4.78, 5) is 11.8. The van der Waals surface area contributed by atoms with Gasteiger partial charge in [-0.25, -0.2) is 0 Å². The van der Waals surface area contributed by atoms with E-state index in [9.17, 15) is 4.79 Å². The molecule has 1 aromatic heterocycles. The molecule has 5 nitrogen and oxygen atoms in total. The molecule has 0 aliphatic rings. The Morgan fingerprint density at radius 3 is 2.89 bits per heavy atom. The predicted octanol–water partition coefficient (Wildman–Crippen LogP) is 1.67. The average molecular weight is 244 g/mol. The minimum absolute atomic E-state index is 0.0939. The van der Waals surface area contributed by atoms with Crippen LogP contribution in [0.5, 0.6) is 0 Å². The van der Waals surface area contributed by atoms with E-state index in [2.05, 4.69) is 10.4 Å². The number of nitrogens with two attached hydrogens (primary N) is 1. The highest BCUT2D eigenvalue weighted by atomic mass is 16.1. The predicted molar refractivity (Wildman–Crippen MR) is 71.1 cm³/mol. The maximum atomic E-state index is 11.8. The lowest BCUT2D eigenvalue weighted by molar-refractivity contribution is -0.115. The van der Waals surface area contributed by atoms with Gasteiger partial charge in [0.1, 0.15) is 0 Å². The number of carbonyl (C=O) groups excluding carboxylic acids is 1. The summed E-state index contributed by atoms with van der Waals surface area (Å²) in [6.45, 7) is 2.77. The zero-order valence-corrected chi connectivity index (χ0v) is 10.3. The molecule has 2 rings (SSSR count). The van der Waals surface area contributed by atoms with Crippen LogP contribution in [-0.2, 0) is 17.8 Å². The van der Waals surface area contributed by atoms with E-state index in [1.807, 2.05) is 25.1 Å². The maximum absolute atomic E-state index is 11.8. The normalized spacial score (nSPS) is 10.3. The molecule has 0 atom stereocenters. The number of hydrogen-bond acceptors (Lipinski definition) is 3. The van der Waals surface area contributed by atoms with E-state index >= 15 is 0 Å². The molecule has 0 spiro atoms. The third-order valence-corrected chi connectivity index (χ3v) is 2.65. The van der Waals surface area contributed by atoms with Crippen molar-refractivity contribution in [1.29, 1.82) is 0 Å². The SMILES string of the molecule is CCn1cc(NC(=O)Cc2ccccc2N)cn1. The summed E-state index contributed by atoms with van der Waals surface area (Å²) in [6.07, 6.45) is 3.70. The zero-order chi connectivity index (χ0) is 13.0. The Labute approximate surface area is 106 Å². The van der Waals surface area contributed by atoms with Gasteiger partial charge in [-0.05, 0) is 18.6 Å². The van der Waals surface area contributed by atoms with E-state index < -0.39 is 0 Å². The van der Waals surface area contributed by atoms with Crippen molar-refractivity contribution < 1.29 is 4.79 Å². The number of hydrogen-bond donors (Lipinski definition) is 2. The van der Waals surface area contributed by atoms with Crippen LogP contribution in [-0.4, -0.2) is 15.7 Å². The van der Waals surface area contributed by atoms with Crippen LogP contribution in [0.15, 0.2) is 36.7 Å². The number of nitrogen functional groups attached to an aromatic ring is 1. The van der Waals surface area contributed by atoms with Crippen molar-refractivity contribution in [2.24, 2.45) is 0 Å². The van der Waals surface area contributed by atoms with Crippen LogP contribution < -0.4 is 11.1 Å². The molecule has 2 aromatic rings. The van der Waals surface area contributed by atoms with Crippen LogP contribution in [0.25, 0.3) is 0 Å². The lowest BCUT2D eigenvalue weighted by Gasteiger charge is -2.05. The molecule has 0 unspecified atom stereocenters. The summed E-state index contributed by atoms with van der Waals surface area (Å²) in [5, 5.41) is 6.88. The molecular formula is C13H16N4O. The van der Waals surface area contributed by atoms with Gasteiger partial charge in [-0.2, -0.15) is 5.10 Å². The molecule has 1 amide bonds. The summed E-state index contributed by atoms with van der Waals surface area (Å²) in [6, 6.07) is 7.36. The Morgan fingerprint density at radius 2 is 2.22 bits per heavy atom. The summed E-state index contributed by atoms with van der Waals surface area (Å²) >= 11 is 0. The van der Waals surface area contributed by atoms with E-state index in [-0.39, 0.29) is 12.3 Å². The second-order valence-corrected chi connectivity index (χ2v) is 4.01. The van der Waals surface area contributed by atoms with E-state index in [1.165, 1.54) is 0 Å². The molecule has 1 heterocycles. The van der Waals surface area contributed by atoms with Gasteiger partial charge in [-0.3, -0.25) is 9.48 Å². The van der Waals surface area contributed by atoms with Crippen molar-refractivity contribution in [3.05, 3.63) is 42.2 Å². The van der Waals surface area contributed by atoms with Gasteiger partial charge < -0.3 is 11.1 Å². The third kappa shape index (κ3) is 2.88. The van der Waals surface area contributed by atoms with E-state index in [1.54, 1.807) is 23.1 Å². The van der Waals surface area contributed by atoms with E-state index in [0.717, 1.165) is 12.1 Å². The molecule has 0 aliphatic heterocycles. The van der Waals surface area contributed by atoms with Gasteiger partial charge in [0, 0.05) is 18.4 Å². The molecular weight excluding hydrogens is 228 g/mol. The number of rotatable bonds is 4. The summed E-state index contributed by atoms with van der Waals surface area (Å²) < 4.78 is 1.76. The van der Waals surface area contributed by atoms with Gasteiger partial charge in [0.05, 0.1) is 18.3 Å². The number of benzene rings is 1. The lowest BCUT2D eigenvalue weighted by atomic mass is 10.1. The number of aromatic nitrogens is 2. The largest absolute Gasteiger partial charge is 0.398 e. The summed E-state index contributed by atoms with van der Waals surface area (Å²) in [7, 11) is 0. The molecule has 5 heteroatoms. The molecule has 3 N–H and O–H groups in total. The van der Waals surface area contributed by atoms with Crippen LogP contribution in [0.4, 0.5) is 11.4 Å². The van der Waals surface area contributed by atoms with Gasteiger partial charge in [-0.1, -0.05) is 18.2 Å². The number of aryl methyl sites for hydroxylation is 1. The van der Waals surface area contributed by atoms with Crippen LogP contribution in [0.1, 0.15) is 12.5 Å². The number of nitrogens with one attached hydrogen (secondary N) is 1. The van der Waals surface area contributed by atoms with Gasteiger partial charge in [-0.15, -0.1) is 0 Å². The maximum Gasteiger partial charge on any atom is 0.228 e. The molecule has 0 saturated carbocycles. The van der Waals surface area contributed by atoms with Gasteiger partial charge in [0.15, 0.2) is 0 Å². The number of anilines is 2. The minimum atomic E-state index is -0.0939. The Hall–Kier alpha value is -2.30. The van der Waals surface area contributed by atoms with Crippen LogP contribution >= 0.6 is 0 Å². The quantitative estimate of drug-likeness (QED) is 0.803. The fraction of sp³-hybridized carbons (Fsp3) is 0.231. The van der Waals surface area contributed by atoms with Crippen molar-refractivity contribution in [2.45, 2.75) is 19.9 Å². The molecule has 18 heavy (non-hydrogen) atoms. The Morgan fingerprint density at radius 1 is 1.44 bits per heavy atom. The van der Waals surface area contributed by atoms with Gasteiger partial charge >= 0.3 is 0 Å². The zero-order valence-electron chi connectivity index (χ0n) is 10.3. The molecule has 1 aromatic carbocycles. The first-order chi connectivity index (χ1) is 8.69. The summed E-state index contributed by atoms with van der Waals surface area (Å²) in [5.41, 5.74) is 7.96. The van der Waals surface area contributed by atoms with Crippen molar-refractivity contribution in [2.75, 3.05) is 11.1 Å². The molecule has 0 fully saturated rings. The molecule has 0 aliphatic carbocycles. The summed E-state index contributed by atoms with van der Waals surface area (Å²) in [5.74, 6) is -0.0939. The highest BCUT2D eigenvalue weighted by Crippen LogP contribution is 2.12. The third-order valence-electron chi connectivity index (χ3n) is 2.65. The number of para-hydroxylation sites is 1. The topological polar surface area (TPSA) is 72.9 Å². The number of amides is 1. The fourth-order valence-electron chi connectivity index (χ4n) is 1.67. The monoisotopic (exact) mass is 244 g/mol. The van der Waals surface area contributed by atoms with Gasteiger partial charge in [0.25, 0.3) is 0 Å². The smallest absolute Gasteiger partial charge is 0.228 e. The lowest BCUT2D eigenvalue weighted by Crippen LogP contribution is -2.14. The molecule has 94 valence electrons. The van der Waals surface area contributed by atoms with E-state index in [4.69, 9.17) is 5.73 Å². The molecule has 0 bridgehead atoms. The van der Waals surface area contributed by atoms with E-state index in [0.29, 0.717) is 11.4 Å². The highest BCUT2D eigenvalue weighted by molar-refractivity contribution is 5.92. The number of nitrogens with zero attached hydrogens (tertiary/aromatic N) is 2. The standard InChI is InChI=1S/C13H16N4O/c1-2-17-9-11(8-15-17)16-13(18)7-10-5-3-4-6-12(10)14/h3-6,8-9H,2,7,14H2,1H3,(H,16,18). The average Bonchev–Trinajstić information content (AvgIpc) is 2.80. The van der Waals surface area contributed by atoms with Crippen molar-refractivity contribution >= 4 is 17.3 Å². The van der Waals surface area contributed by atoms with Crippen molar-refractivity contribution in [3.63, 3.8) is 0 Å². The minimum Gasteiger partial charge on any atom is -0.398 e.